The third-order valence-electron chi connectivity index (χ3n) is 4.96. The summed E-state index contributed by atoms with van der Waals surface area (Å²) in [5, 5.41) is 9.82. The SMILES string of the molecule is COc1cccc2c1O[C@@H](c1cccs1)N1N=C(c3ccc(Cl)cc3)C[C@@H]21. The monoisotopic (exact) mass is 396 g/mol. The molecule has 4 nitrogen and oxygen atoms in total. The number of hydrogen-bond donors (Lipinski definition) is 0. The highest BCUT2D eigenvalue weighted by atomic mass is 35.5. The van der Waals surface area contributed by atoms with Crippen LogP contribution in [0.2, 0.25) is 5.02 Å². The summed E-state index contributed by atoms with van der Waals surface area (Å²) >= 11 is 7.72. The summed E-state index contributed by atoms with van der Waals surface area (Å²) in [6, 6.07) is 18.1. The van der Waals surface area contributed by atoms with Crippen molar-refractivity contribution in [2.75, 3.05) is 7.11 Å². The molecule has 0 bridgehead atoms. The second-order valence-electron chi connectivity index (χ2n) is 6.52. The molecular weight excluding hydrogens is 380 g/mol. The van der Waals surface area contributed by atoms with Crippen LogP contribution >= 0.6 is 22.9 Å². The first-order valence-electron chi connectivity index (χ1n) is 8.73. The quantitative estimate of drug-likeness (QED) is 0.573. The summed E-state index contributed by atoms with van der Waals surface area (Å²) in [4.78, 5) is 1.12. The number of hydrazone groups is 1. The van der Waals surface area contributed by atoms with Gasteiger partial charge in [-0.05, 0) is 35.2 Å². The Balaban J connectivity index is 1.61. The molecule has 5 rings (SSSR count). The summed E-state index contributed by atoms with van der Waals surface area (Å²) in [5.74, 6) is 1.57. The number of ether oxygens (including phenoxy) is 2. The van der Waals surface area contributed by atoms with Crippen LogP contribution in [0.5, 0.6) is 11.5 Å². The Morgan fingerprint density at radius 3 is 2.74 bits per heavy atom. The largest absolute Gasteiger partial charge is 0.493 e. The van der Waals surface area contributed by atoms with Crippen LogP contribution in [0.3, 0.4) is 0 Å². The van der Waals surface area contributed by atoms with Gasteiger partial charge in [0.2, 0.25) is 6.23 Å². The zero-order valence-corrected chi connectivity index (χ0v) is 16.2. The highest BCUT2D eigenvalue weighted by molar-refractivity contribution is 7.10. The minimum absolute atomic E-state index is 0.113. The first kappa shape index (κ1) is 16.7. The molecule has 6 heteroatoms. The maximum atomic E-state index is 6.40. The van der Waals surface area contributed by atoms with Gasteiger partial charge >= 0.3 is 0 Å². The minimum Gasteiger partial charge on any atom is -0.493 e. The van der Waals surface area contributed by atoms with E-state index in [1.807, 2.05) is 42.5 Å². The second kappa shape index (κ2) is 6.59. The fourth-order valence-corrected chi connectivity index (χ4v) is 4.55. The standard InChI is InChI=1S/C21H17ClN2O2S/c1-25-18-5-2-4-15-17-12-16(13-7-9-14(22)10-8-13)23-24(17)21(26-20(15)18)19-6-3-11-27-19/h2-11,17,21H,12H2,1H3/t17-,21-/m0/s1. The van der Waals surface area contributed by atoms with Crippen molar-refractivity contribution < 1.29 is 9.47 Å². The van der Waals surface area contributed by atoms with E-state index < -0.39 is 0 Å². The van der Waals surface area contributed by atoms with Crippen molar-refractivity contribution in [1.29, 1.82) is 0 Å². The first-order chi connectivity index (χ1) is 13.2. The number of fused-ring (bicyclic) bond motifs is 3. The number of benzene rings is 2. The van der Waals surface area contributed by atoms with E-state index in [1.54, 1.807) is 18.4 Å². The Kier molecular flexibility index (Phi) is 4.06. The molecule has 0 unspecified atom stereocenters. The summed E-state index contributed by atoms with van der Waals surface area (Å²) < 4.78 is 12.0. The normalized spacial score (nSPS) is 20.5. The van der Waals surface area contributed by atoms with Crippen LogP contribution in [0.1, 0.15) is 34.7 Å². The Morgan fingerprint density at radius 2 is 2.00 bits per heavy atom. The van der Waals surface area contributed by atoms with Gasteiger partial charge in [-0.15, -0.1) is 11.3 Å². The summed E-state index contributed by atoms with van der Waals surface area (Å²) in [5.41, 5.74) is 3.23. The third-order valence-corrected chi connectivity index (χ3v) is 6.12. The lowest BCUT2D eigenvalue weighted by Crippen LogP contribution is -2.33. The van der Waals surface area contributed by atoms with Gasteiger partial charge in [-0.2, -0.15) is 5.10 Å². The number of para-hydroxylation sites is 1. The van der Waals surface area contributed by atoms with Crippen molar-refractivity contribution >= 4 is 28.6 Å². The first-order valence-corrected chi connectivity index (χ1v) is 9.99. The van der Waals surface area contributed by atoms with Gasteiger partial charge in [0.05, 0.1) is 23.7 Å². The van der Waals surface area contributed by atoms with Gasteiger partial charge in [-0.3, -0.25) is 0 Å². The van der Waals surface area contributed by atoms with E-state index in [2.05, 4.69) is 22.5 Å². The van der Waals surface area contributed by atoms with Crippen LogP contribution in [0.4, 0.5) is 0 Å². The molecule has 0 saturated heterocycles. The van der Waals surface area contributed by atoms with E-state index in [4.69, 9.17) is 26.2 Å². The highest BCUT2D eigenvalue weighted by Crippen LogP contribution is 2.51. The average molecular weight is 397 g/mol. The summed E-state index contributed by atoms with van der Waals surface area (Å²) in [7, 11) is 1.68. The van der Waals surface area contributed by atoms with Gasteiger partial charge in [0.1, 0.15) is 0 Å². The molecule has 2 aliphatic heterocycles. The fourth-order valence-electron chi connectivity index (χ4n) is 3.68. The molecule has 0 amide bonds. The van der Waals surface area contributed by atoms with Gasteiger partial charge in [0, 0.05) is 17.0 Å². The zero-order valence-electron chi connectivity index (χ0n) is 14.6. The molecule has 2 aliphatic rings. The average Bonchev–Trinajstić information content (AvgIpc) is 3.37. The van der Waals surface area contributed by atoms with Crippen molar-refractivity contribution in [3.8, 4) is 11.5 Å². The molecule has 2 atom stereocenters. The van der Waals surface area contributed by atoms with E-state index in [1.165, 1.54) is 0 Å². The van der Waals surface area contributed by atoms with E-state index in [0.29, 0.717) is 0 Å². The molecule has 0 saturated carbocycles. The predicted molar refractivity (Wildman–Crippen MR) is 108 cm³/mol. The molecule has 0 aliphatic carbocycles. The zero-order chi connectivity index (χ0) is 18.4. The number of nitrogens with zero attached hydrogens (tertiary/aromatic N) is 2. The molecule has 0 spiro atoms. The van der Waals surface area contributed by atoms with Crippen molar-refractivity contribution in [3.63, 3.8) is 0 Å². The lowest BCUT2D eigenvalue weighted by atomic mass is 9.96. The van der Waals surface area contributed by atoms with E-state index in [-0.39, 0.29) is 12.3 Å². The molecule has 0 fully saturated rings. The fraction of sp³-hybridized carbons (Fsp3) is 0.190. The smallest absolute Gasteiger partial charge is 0.223 e. The van der Waals surface area contributed by atoms with Crippen LogP contribution in [0, 0.1) is 0 Å². The second-order valence-corrected chi connectivity index (χ2v) is 7.93. The Labute approximate surface area is 166 Å². The highest BCUT2D eigenvalue weighted by Gasteiger charge is 2.42. The van der Waals surface area contributed by atoms with Crippen molar-refractivity contribution in [2.45, 2.75) is 18.7 Å². The van der Waals surface area contributed by atoms with Crippen molar-refractivity contribution in [3.05, 3.63) is 81.0 Å². The van der Waals surface area contributed by atoms with Crippen LogP contribution in [0.15, 0.2) is 65.1 Å². The van der Waals surface area contributed by atoms with Crippen LogP contribution in [-0.4, -0.2) is 17.8 Å². The maximum absolute atomic E-state index is 6.40. The summed E-state index contributed by atoms with van der Waals surface area (Å²) in [6.07, 6.45) is 0.552. The van der Waals surface area contributed by atoms with Gasteiger partial charge in [-0.1, -0.05) is 41.9 Å². The molecule has 0 radical (unpaired) electrons. The van der Waals surface area contributed by atoms with Gasteiger partial charge in [-0.25, -0.2) is 5.01 Å². The molecule has 2 aromatic carbocycles. The number of methoxy groups -OCH3 is 1. The molecule has 27 heavy (non-hydrogen) atoms. The van der Waals surface area contributed by atoms with Gasteiger partial charge in [0.15, 0.2) is 11.5 Å². The number of hydrogen-bond acceptors (Lipinski definition) is 5. The third kappa shape index (κ3) is 2.78. The maximum Gasteiger partial charge on any atom is 0.223 e. The minimum atomic E-state index is -0.261. The molecule has 3 aromatic rings. The van der Waals surface area contributed by atoms with E-state index in [9.17, 15) is 0 Å². The van der Waals surface area contributed by atoms with Crippen LogP contribution in [0.25, 0.3) is 0 Å². The molecular formula is C21H17ClN2O2S. The molecule has 1 aromatic heterocycles. The lowest BCUT2D eigenvalue weighted by molar-refractivity contribution is -0.0184. The predicted octanol–water partition coefficient (Wildman–Crippen LogP) is 5.65. The topological polar surface area (TPSA) is 34.1 Å². The van der Waals surface area contributed by atoms with E-state index in [0.717, 1.165) is 44.7 Å². The van der Waals surface area contributed by atoms with Gasteiger partial charge in [0.25, 0.3) is 0 Å². The Morgan fingerprint density at radius 1 is 1.15 bits per heavy atom. The van der Waals surface area contributed by atoms with Crippen LogP contribution in [-0.2, 0) is 0 Å². The molecule has 136 valence electrons. The van der Waals surface area contributed by atoms with Crippen LogP contribution < -0.4 is 9.47 Å². The summed E-state index contributed by atoms with van der Waals surface area (Å²) in [6.45, 7) is 0. The van der Waals surface area contributed by atoms with Crippen molar-refractivity contribution in [2.24, 2.45) is 5.10 Å². The number of rotatable bonds is 3. The lowest BCUT2D eigenvalue weighted by Gasteiger charge is -2.38. The molecule has 3 heterocycles. The number of thiophene rings is 1. The van der Waals surface area contributed by atoms with Gasteiger partial charge < -0.3 is 9.47 Å². The Bertz CT molecular complexity index is 1000. The van der Waals surface area contributed by atoms with E-state index >= 15 is 0 Å². The molecule has 0 N–H and O–H groups in total. The number of halogens is 1. The van der Waals surface area contributed by atoms with Crippen molar-refractivity contribution in [1.82, 2.24) is 5.01 Å². The Hall–Kier alpha value is -2.50.